The number of benzene rings is 2. The Morgan fingerprint density at radius 2 is 1.83 bits per heavy atom. The number of aromatic hydroxyl groups is 1. The van der Waals surface area contributed by atoms with Crippen LogP contribution in [0.25, 0.3) is 0 Å². The van der Waals surface area contributed by atoms with E-state index in [0.29, 0.717) is 0 Å². The maximum Gasteiger partial charge on any atom is 0.323 e. The molecule has 0 aliphatic carbocycles. The van der Waals surface area contributed by atoms with Crippen molar-refractivity contribution in [2.24, 2.45) is 5.73 Å². The summed E-state index contributed by atoms with van der Waals surface area (Å²) in [5, 5.41) is 20.8. The number of phenolic OH excluding ortho intramolecular Hbond substituents is 1. The van der Waals surface area contributed by atoms with Crippen LogP contribution < -0.4 is 25.3 Å². The maximum atomic E-state index is 15.7. The van der Waals surface area contributed by atoms with Gasteiger partial charge >= 0.3 is 5.97 Å². The summed E-state index contributed by atoms with van der Waals surface area (Å²) in [5.74, 6) is -7.16. The zero-order chi connectivity index (χ0) is 30.6. The first-order chi connectivity index (χ1) is 20.0. The van der Waals surface area contributed by atoms with Crippen LogP contribution in [-0.2, 0) is 9.53 Å². The van der Waals surface area contributed by atoms with Gasteiger partial charge in [-0.2, -0.15) is 13.8 Å². The predicted octanol–water partition coefficient (Wildman–Crippen LogP) is 3.31. The average Bonchev–Trinajstić information content (AvgIpc) is 3.43. The van der Waals surface area contributed by atoms with Crippen LogP contribution in [0.3, 0.4) is 0 Å². The molecule has 2 aromatic carbocycles. The highest BCUT2D eigenvalue weighted by atomic mass is 19.1. The second-order valence-electron chi connectivity index (χ2n) is 9.40. The quantitative estimate of drug-likeness (QED) is 0.157. The lowest BCUT2D eigenvalue weighted by Gasteiger charge is -2.18. The molecule has 1 aliphatic rings. The predicted molar refractivity (Wildman–Crippen MR) is 145 cm³/mol. The van der Waals surface area contributed by atoms with E-state index in [1.807, 2.05) is 0 Å². The van der Waals surface area contributed by atoms with Crippen molar-refractivity contribution in [3.05, 3.63) is 65.2 Å². The lowest BCUT2D eigenvalue weighted by Crippen LogP contribution is -2.32. The van der Waals surface area contributed by atoms with E-state index < -0.39 is 53.0 Å². The molecule has 1 amide bonds. The van der Waals surface area contributed by atoms with Crippen LogP contribution in [0.2, 0.25) is 0 Å². The Balaban J connectivity index is 1.73. The third-order valence-electron chi connectivity index (χ3n) is 6.10. The second kappa shape index (κ2) is 12.7. The number of hydrogen-bond acceptors (Lipinski definition) is 10. The van der Waals surface area contributed by atoms with Crippen molar-refractivity contribution in [2.75, 3.05) is 27.2 Å². The molecule has 2 atom stereocenters. The number of phenols is 1. The van der Waals surface area contributed by atoms with Gasteiger partial charge in [0.05, 0.1) is 6.61 Å². The highest BCUT2D eigenvalue weighted by molar-refractivity contribution is 5.95. The fourth-order valence-electron chi connectivity index (χ4n) is 4.03. The lowest BCUT2D eigenvalue weighted by atomic mass is 10.2. The monoisotopic (exact) mass is 585 g/mol. The number of ether oxygens (including phenoxy) is 4. The summed E-state index contributed by atoms with van der Waals surface area (Å²) in [6, 6.07) is 8.78. The Kier molecular flexibility index (Phi) is 9.06. The summed E-state index contributed by atoms with van der Waals surface area (Å²) in [6.45, 7) is 1.89. The first-order valence-corrected chi connectivity index (χ1v) is 12.8. The van der Waals surface area contributed by atoms with Crippen molar-refractivity contribution in [2.45, 2.75) is 25.5 Å². The van der Waals surface area contributed by atoms with Gasteiger partial charge in [0.2, 0.25) is 17.4 Å². The van der Waals surface area contributed by atoms with Gasteiger partial charge in [-0.15, -0.1) is 0 Å². The van der Waals surface area contributed by atoms with E-state index in [4.69, 9.17) is 30.1 Å². The minimum absolute atomic E-state index is 0.00365. The van der Waals surface area contributed by atoms with Gasteiger partial charge in [-0.3, -0.25) is 15.0 Å². The number of aromatic nitrogens is 1. The molecular formula is C28H29F2N5O7. The molecule has 0 spiro atoms. The van der Waals surface area contributed by atoms with E-state index in [9.17, 15) is 14.7 Å². The summed E-state index contributed by atoms with van der Waals surface area (Å²) in [5.41, 5.74) is 5.90. The minimum Gasteiger partial charge on any atom is -0.504 e. The zero-order valence-corrected chi connectivity index (χ0v) is 22.9. The smallest absolute Gasteiger partial charge is 0.323 e. The molecule has 0 saturated carbocycles. The van der Waals surface area contributed by atoms with E-state index in [-0.39, 0.29) is 53.9 Å². The van der Waals surface area contributed by atoms with Gasteiger partial charge in [0.1, 0.15) is 23.7 Å². The molecule has 0 bridgehead atoms. The maximum absolute atomic E-state index is 15.7. The number of hydrogen-bond donors (Lipinski definition) is 4. The fourth-order valence-corrected chi connectivity index (χ4v) is 4.03. The molecule has 4 rings (SSSR count). The normalized spacial score (nSPS) is 16.0. The minimum atomic E-state index is -1.36. The standard InChI is InChI=1S/C28H29F2N5O7/c1-4-39-28(38)18-12-17(13-33-18)40-23-21(29)25(41-16-7-5-6-15(10-16)27(37)35(2)3)34-26(22(23)30)42-20-11-14(24(31)32)8-9-19(20)36/h5-11,17-18,33,36H,4,12-13H2,1-3H3,(H3,31,32)/t17-,18+/m1/s1. The van der Waals surface area contributed by atoms with Crippen LogP contribution in [0.15, 0.2) is 42.5 Å². The van der Waals surface area contributed by atoms with E-state index in [1.165, 1.54) is 47.4 Å². The number of rotatable bonds is 10. The summed E-state index contributed by atoms with van der Waals surface area (Å²) < 4.78 is 53.1. The van der Waals surface area contributed by atoms with Crippen molar-refractivity contribution in [3.8, 4) is 34.8 Å². The molecule has 0 unspecified atom stereocenters. The van der Waals surface area contributed by atoms with E-state index in [2.05, 4.69) is 10.3 Å². The number of halogens is 2. The van der Waals surface area contributed by atoms with Crippen molar-refractivity contribution in [1.29, 1.82) is 5.41 Å². The molecular weight excluding hydrogens is 556 g/mol. The number of nitrogens with one attached hydrogen (secondary N) is 2. The number of carbonyl (C=O) groups excluding carboxylic acids is 2. The lowest BCUT2D eigenvalue weighted by molar-refractivity contribution is -0.145. The Morgan fingerprint density at radius 1 is 1.12 bits per heavy atom. The van der Waals surface area contributed by atoms with Crippen LogP contribution in [0.4, 0.5) is 8.78 Å². The second-order valence-corrected chi connectivity index (χ2v) is 9.40. The van der Waals surface area contributed by atoms with Crippen molar-refractivity contribution in [3.63, 3.8) is 0 Å². The third-order valence-corrected chi connectivity index (χ3v) is 6.10. The Labute approximate surface area is 239 Å². The van der Waals surface area contributed by atoms with Gasteiger partial charge < -0.3 is 40.0 Å². The molecule has 0 radical (unpaired) electrons. The number of carbonyl (C=O) groups is 2. The van der Waals surface area contributed by atoms with Crippen molar-refractivity contribution < 1.29 is 42.4 Å². The fraction of sp³-hybridized carbons (Fsp3) is 0.286. The third kappa shape index (κ3) is 6.66. The number of nitrogens with two attached hydrogens (primary N) is 1. The summed E-state index contributed by atoms with van der Waals surface area (Å²) in [7, 11) is 3.12. The van der Waals surface area contributed by atoms with Crippen LogP contribution in [0.5, 0.6) is 34.8 Å². The van der Waals surface area contributed by atoms with Gasteiger partial charge in [-0.05, 0) is 43.3 Å². The number of amides is 1. The van der Waals surface area contributed by atoms with Gasteiger partial charge in [0, 0.05) is 38.2 Å². The van der Waals surface area contributed by atoms with Gasteiger partial charge in [-0.1, -0.05) is 6.07 Å². The summed E-state index contributed by atoms with van der Waals surface area (Å²) in [4.78, 5) is 29.7. The van der Waals surface area contributed by atoms with E-state index in [0.717, 1.165) is 0 Å². The highest BCUT2D eigenvalue weighted by Crippen LogP contribution is 2.40. The van der Waals surface area contributed by atoms with Crippen LogP contribution in [0, 0.1) is 17.0 Å². The Morgan fingerprint density at radius 3 is 2.50 bits per heavy atom. The molecule has 5 N–H and O–H groups in total. The topological polar surface area (TPSA) is 169 Å². The molecule has 2 heterocycles. The van der Waals surface area contributed by atoms with Crippen LogP contribution in [0.1, 0.15) is 29.3 Å². The molecule has 1 fully saturated rings. The van der Waals surface area contributed by atoms with E-state index >= 15 is 8.78 Å². The molecule has 12 nitrogen and oxygen atoms in total. The number of nitrogens with zero attached hydrogens (tertiary/aromatic N) is 2. The highest BCUT2D eigenvalue weighted by Gasteiger charge is 2.35. The molecule has 222 valence electrons. The first-order valence-electron chi connectivity index (χ1n) is 12.8. The van der Waals surface area contributed by atoms with Crippen LogP contribution in [-0.4, -0.2) is 72.1 Å². The summed E-state index contributed by atoms with van der Waals surface area (Å²) >= 11 is 0. The number of amidine groups is 1. The van der Waals surface area contributed by atoms with Crippen LogP contribution >= 0.6 is 0 Å². The van der Waals surface area contributed by atoms with Gasteiger partial charge in [0.25, 0.3) is 17.7 Å². The first kappa shape index (κ1) is 30.0. The van der Waals surface area contributed by atoms with Crippen molar-refractivity contribution in [1.82, 2.24) is 15.2 Å². The largest absolute Gasteiger partial charge is 0.504 e. The molecule has 1 saturated heterocycles. The van der Waals surface area contributed by atoms with Crippen molar-refractivity contribution >= 4 is 17.7 Å². The number of esters is 1. The van der Waals surface area contributed by atoms with E-state index in [1.54, 1.807) is 21.0 Å². The number of nitrogen functional groups attached to an aromatic ring is 1. The molecule has 42 heavy (non-hydrogen) atoms. The average molecular weight is 586 g/mol. The molecule has 1 aliphatic heterocycles. The van der Waals surface area contributed by atoms with Gasteiger partial charge in [0.15, 0.2) is 11.5 Å². The zero-order valence-electron chi connectivity index (χ0n) is 22.9. The number of pyridine rings is 1. The molecule has 3 aromatic rings. The molecule has 14 heteroatoms. The summed E-state index contributed by atoms with van der Waals surface area (Å²) in [6.07, 6.45) is -0.787. The molecule has 1 aromatic heterocycles. The van der Waals surface area contributed by atoms with Gasteiger partial charge in [-0.25, -0.2) is 0 Å². The SMILES string of the molecule is CCOC(=O)[C@@H]1C[C@@H](Oc2c(F)c(Oc3cccc(C(=O)N(C)C)c3)nc(Oc3cc(C(=N)N)ccc3O)c2F)CN1. The Hall–Kier alpha value is -4.98. The Bertz CT molecular complexity index is 1520.